The average molecular weight is 260 g/mol. The van der Waals surface area contributed by atoms with Gasteiger partial charge < -0.3 is 9.82 Å². The van der Waals surface area contributed by atoms with Gasteiger partial charge in [0.25, 0.3) is 5.56 Å². The largest absolute Gasteiger partial charge is 0.416 e. The first-order valence-electron chi connectivity index (χ1n) is 4.75. The lowest BCUT2D eigenvalue weighted by molar-refractivity contribution is -0.137. The summed E-state index contributed by atoms with van der Waals surface area (Å²) in [4.78, 5) is 29.7. The molecule has 0 bridgehead atoms. The number of fused-ring (bicyclic) bond motifs is 1. The molecule has 5 nitrogen and oxygen atoms in total. The number of H-pyrrole nitrogens is 1. The van der Waals surface area contributed by atoms with E-state index in [0.29, 0.717) is 10.8 Å². The molecule has 2 rings (SSSR count). The van der Waals surface area contributed by atoms with Crippen LogP contribution in [0.5, 0.6) is 0 Å². The van der Waals surface area contributed by atoms with Gasteiger partial charge in [-0.1, -0.05) is 4.73 Å². The molecule has 0 saturated carbocycles. The van der Waals surface area contributed by atoms with Crippen molar-refractivity contribution in [1.29, 1.82) is 0 Å². The number of nitrogens with one attached hydrogen (secondary N) is 1. The minimum Gasteiger partial charge on any atom is -0.409 e. The summed E-state index contributed by atoms with van der Waals surface area (Å²) < 4.78 is 37.8. The van der Waals surface area contributed by atoms with Crippen LogP contribution >= 0.6 is 0 Å². The minimum atomic E-state index is -4.54. The third kappa shape index (κ3) is 1.85. The summed E-state index contributed by atoms with van der Waals surface area (Å²) in [6.45, 7) is 0. The fourth-order valence-electron chi connectivity index (χ4n) is 1.54. The standard InChI is InChI=1S/C10H7F3N2O3/c1-18-15-8(16)6-3-2-5(10(11,12)13)4-7(6)14-9(15)17/h2-4H,1H3,(H,14,17). The molecule has 1 aromatic carbocycles. The highest BCUT2D eigenvalue weighted by Crippen LogP contribution is 2.30. The number of nitrogens with zero attached hydrogens (tertiary/aromatic N) is 1. The Bertz CT molecular complexity index is 715. The zero-order chi connectivity index (χ0) is 13.5. The van der Waals surface area contributed by atoms with E-state index >= 15 is 0 Å². The number of hydrogen-bond donors (Lipinski definition) is 1. The van der Waals surface area contributed by atoms with Gasteiger partial charge in [0.1, 0.15) is 7.11 Å². The Morgan fingerprint density at radius 3 is 2.50 bits per heavy atom. The Labute approximate surface area is 97.4 Å². The number of benzene rings is 1. The van der Waals surface area contributed by atoms with E-state index < -0.39 is 23.0 Å². The summed E-state index contributed by atoms with van der Waals surface area (Å²) in [5.74, 6) is 0. The molecule has 0 saturated heterocycles. The molecule has 18 heavy (non-hydrogen) atoms. The average Bonchev–Trinajstić information content (AvgIpc) is 2.27. The van der Waals surface area contributed by atoms with Crippen LogP contribution in [-0.4, -0.2) is 16.8 Å². The Morgan fingerprint density at radius 2 is 1.94 bits per heavy atom. The van der Waals surface area contributed by atoms with E-state index in [0.717, 1.165) is 19.2 Å². The summed E-state index contributed by atoms with van der Waals surface area (Å²) in [5.41, 5.74) is -2.88. The van der Waals surface area contributed by atoms with Crippen LogP contribution in [0.25, 0.3) is 10.9 Å². The maximum atomic E-state index is 12.5. The van der Waals surface area contributed by atoms with Crippen molar-refractivity contribution < 1.29 is 18.0 Å². The van der Waals surface area contributed by atoms with Crippen LogP contribution in [0, 0.1) is 0 Å². The topological polar surface area (TPSA) is 64.1 Å². The summed E-state index contributed by atoms with van der Waals surface area (Å²) >= 11 is 0. The molecule has 0 spiro atoms. The van der Waals surface area contributed by atoms with Crippen molar-refractivity contribution >= 4 is 10.9 Å². The molecule has 8 heteroatoms. The van der Waals surface area contributed by atoms with Gasteiger partial charge in [-0.2, -0.15) is 13.2 Å². The van der Waals surface area contributed by atoms with Crippen molar-refractivity contribution in [3.63, 3.8) is 0 Å². The third-order valence-corrected chi connectivity index (χ3v) is 2.37. The van der Waals surface area contributed by atoms with E-state index in [2.05, 4.69) is 9.82 Å². The van der Waals surface area contributed by atoms with Gasteiger partial charge in [0, 0.05) is 0 Å². The minimum absolute atomic E-state index is 0.0653. The van der Waals surface area contributed by atoms with Gasteiger partial charge in [-0.15, -0.1) is 0 Å². The molecule has 0 radical (unpaired) electrons. The van der Waals surface area contributed by atoms with Crippen molar-refractivity contribution in [3.05, 3.63) is 44.6 Å². The highest BCUT2D eigenvalue weighted by molar-refractivity contribution is 5.78. The second-order valence-electron chi connectivity index (χ2n) is 3.47. The van der Waals surface area contributed by atoms with Crippen LogP contribution in [0.1, 0.15) is 5.56 Å². The number of aromatic amines is 1. The van der Waals surface area contributed by atoms with Gasteiger partial charge >= 0.3 is 11.9 Å². The summed E-state index contributed by atoms with van der Waals surface area (Å²) in [6.07, 6.45) is -4.54. The maximum absolute atomic E-state index is 12.5. The van der Waals surface area contributed by atoms with E-state index in [1.54, 1.807) is 0 Å². The lowest BCUT2D eigenvalue weighted by Crippen LogP contribution is -2.38. The molecule has 1 heterocycles. The molecule has 0 atom stereocenters. The highest BCUT2D eigenvalue weighted by Gasteiger charge is 2.30. The number of halogens is 3. The van der Waals surface area contributed by atoms with Crippen molar-refractivity contribution in [2.24, 2.45) is 0 Å². The Balaban J connectivity index is 2.82. The molecule has 0 aliphatic rings. The molecule has 0 fully saturated rings. The SMILES string of the molecule is COn1c(=O)[nH]c2cc(C(F)(F)F)ccc2c1=O. The Hall–Kier alpha value is -2.25. The first-order valence-corrected chi connectivity index (χ1v) is 4.75. The zero-order valence-corrected chi connectivity index (χ0v) is 9.04. The van der Waals surface area contributed by atoms with Crippen LogP contribution in [0.15, 0.2) is 27.8 Å². The molecule has 96 valence electrons. The molecule has 2 aromatic rings. The van der Waals surface area contributed by atoms with Crippen molar-refractivity contribution in [3.8, 4) is 0 Å². The summed E-state index contributed by atoms with van der Waals surface area (Å²) in [7, 11) is 1.10. The van der Waals surface area contributed by atoms with E-state index in [1.807, 2.05) is 0 Å². The number of rotatable bonds is 1. The lowest BCUT2D eigenvalue weighted by atomic mass is 10.1. The zero-order valence-electron chi connectivity index (χ0n) is 9.04. The fourth-order valence-corrected chi connectivity index (χ4v) is 1.54. The highest BCUT2D eigenvalue weighted by atomic mass is 19.4. The van der Waals surface area contributed by atoms with Crippen LogP contribution in [0.4, 0.5) is 13.2 Å². The van der Waals surface area contributed by atoms with Crippen molar-refractivity contribution in [2.45, 2.75) is 6.18 Å². The van der Waals surface area contributed by atoms with Gasteiger partial charge in [0.05, 0.1) is 16.5 Å². The predicted octanol–water partition coefficient (Wildman–Crippen LogP) is 0.767. The summed E-state index contributed by atoms with van der Waals surface area (Å²) in [6, 6.07) is 2.46. The van der Waals surface area contributed by atoms with Gasteiger partial charge in [-0.3, -0.25) is 4.79 Å². The van der Waals surface area contributed by atoms with Crippen LogP contribution in [0.3, 0.4) is 0 Å². The second kappa shape index (κ2) is 3.90. The van der Waals surface area contributed by atoms with Crippen LogP contribution in [0.2, 0.25) is 0 Å². The predicted molar refractivity (Wildman–Crippen MR) is 56.3 cm³/mol. The fraction of sp³-hybridized carbons (Fsp3) is 0.200. The molecular formula is C10H7F3N2O3. The number of alkyl halides is 3. The molecule has 0 aliphatic heterocycles. The Kier molecular flexibility index (Phi) is 2.64. The Morgan fingerprint density at radius 1 is 1.28 bits per heavy atom. The van der Waals surface area contributed by atoms with Crippen LogP contribution < -0.4 is 16.1 Å². The first kappa shape index (κ1) is 12.2. The second-order valence-corrected chi connectivity index (χ2v) is 3.47. The van der Waals surface area contributed by atoms with E-state index in [1.165, 1.54) is 0 Å². The number of hydrogen-bond acceptors (Lipinski definition) is 3. The van der Waals surface area contributed by atoms with E-state index in [9.17, 15) is 22.8 Å². The molecular weight excluding hydrogens is 253 g/mol. The number of aromatic nitrogens is 2. The third-order valence-electron chi connectivity index (χ3n) is 2.37. The first-order chi connectivity index (χ1) is 8.34. The quantitative estimate of drug-likeness (QED) is 0.823. The van der Waals surface area contributed by atoms with Gasteiger partial charge in [-0.25, -0.2) is 4.79 Å². The smallest absolute Gasteiger partial charge is 0.409 e. The monoisotopic (exact) mass is 260 g/mol. The molecule has 0 aliphatic carbocycles. The van der Waals surface area contributed by atoms with Gasteiger partial charge in [0.15, 0.2) is 0 Å². The van der Waals surface area contributed by atoms with E-state index in [-0.39, 0.29) is 10.9 Å². The van der Waals surface area contributed by atoms with Gasteiger partial charge in [-0.05, 0) is 18.2 Å². The van der Waals surface area contributed by atoms with Gasteiger partial charge in [0.2, 0.25) is 0 Å². The van der Waals surface area contributed by atoms with Crippen molar-refractivity contribution in [1.82, 2.24) is 9.71 Å². The summed E-state index contributed by atoms with van der Waals surface area (Å²) in [5, 5.41) is -0.0653. The molecule has 1 N–H and O–H groups in total. The van der Waals surface area contributed by atoms with Crippen LogP contribution in [-0.2, 0) is 6.18 Å². The lowest BCUT2D eigenvalue weighted by Gasteiger charge is -2.08. The maximum Gasteiger partial charge on any atom is 0.416 e. The molecule has 0 amide bonds. The van der Waals surface area contributed by atoms with E-state index in [4.69, 9.17) is 0 Å². The molecule has 1 aromatic heterocycles. The van der Waals surface area contributed by atoms with Crippen molar-refractivity contribution in [2.75, 3.05) is 7.11 Å². The normalized spacial score (nSPS) is 11.8. The molecule has 0 unspecified atom stereocenters.